The first-order chi connectivity index (χ1) is 12.9. The van der Waals surface area contributed by atoms with Crippen LogP contribution in [0, 0.1) is 5.41 Å². The molecule has 1 spiro atoms. The number of aryl methyl sites for hydroxylation is 1. The van der Waals surface area contributed by atoms with Crippen molar-refractivity contribution in [3.05, 3.63) is 34.2 Å². The molecule has 3 N–H and O–H groups in total. The summed E-state index contributed by atoms with van der Waals surface area (Å²) in [5.41, 5.74) is -0.817. The third kappa shape index (κ3) is 4.19. The number of rotatable bonds is 2. The predicted octanol–water partition coefficient (Wildman–Crippen LogP) is -0.328. The molecule has 2 aliphatic heterocycles. The van der Waals surface area contributed by atoms with Gasteiger partial charge in [0.25, 0.3) is 17.9 Å². The van der Waals surface area contributed by atoms with Gasteiger partial charge in [0.05, 0.1) is 11.5 Å². The SMILES string of the molecule is CCn1ccc(C(=O)N2CC[C@@H](O)[C@@]3(CCCNC3=O)C2)cc1=O.O=CO. The van der Waals surface area contributed by atoms with Gasteiger partial charge in [-0.3, -0.25) is 19.2 Å². The van der Waals surface area contributed by atoms with Crippen LogP contribution >= 0.6 is 0 Å². The fraction of sp³-hybridized carbons (Fsp3) is 0.556. The van der Waals surface area contributed by atoms with E-state index in [4.69, 9.17) is 9.90 Å². The highest BCUT2D eigenvalue weighted by atomic mass is 16.3. The van der Waals surface area contributed by atoms with Gasteiger partial charge in [-0.15, -0.1) is 0 Å². The number of aliphatic hydroxyl groups is 1. The van der Waals surface area contributed by atoms with E-state index in [1.54, 1.807) is 17.2 Å². The van der Waals surface area contributed by atoms with Crippen molar-refractivity contribution in [1.29, 1.82) is 0 Å². The minimum atomic E-state index is -0.926. The summed E-state index contributed by atoms with van der Waals surface area (Å²) in [6.45, 7) is 3.34. The van der Waals surface area contributed by atoms with Gasteiger partial charge in [-0.2, -0.15) is 0 Å². The molecule has 0 bridgehead atoms. The topological polar surface area (TPSA) is 129 Å². The summed E-state index contributed by atoms with van der Waals surface area (Å²) in [4.78, 5) is 47.0. The molecule has 9 heteroatoms. The zero-order valence-electron chi connectivity index (χ0n) is 15.3. The van der Waals surface area contributed by atoms with Gasteiger partial charge in [0.1, 0.15) is 0 Å². The number of likely N-dealkylation sites (tertiary alicyclic amines) is 1. The Morgan fingerprint density at radius 2 is 2.15 bits per heavy atom. The van der Waals surface area contributed by atoms with Crippen molar-refractivity contribution in [2.24, 2.45) is 5.41 Å². The van der Waals surface area contributed by atoms with Crippen molar-refractivity contribution in [2.75, 3.05) is 19.6 Å². The predicted molar refractivity (Wildman–Crippen MR) is 96.3 cm³/mol. The maximum atomic E-state index is 12.8. The Bertz CT molecular complexity index is 762. The Balaban J connectivity index is 0.000000817. The molecule has 2 aliphatic rings. The number of pyridine rings is 1. The molecule has 3 rings (SSSR count). The van der Waals surface area contributed by atoms with Crippen LogP contribution < -0.4 is 10.9 Å². The molecule has 0 radical (unpaired) electrons. The number of piperidine rings is 2. The molecule has 9 nitrogen and oxygen atoms in total. The first-order valence-electron chi connectivity index (χ1n) is 8.93. The van der Waals surface area contributed by atoms with Crippen molar-refractivity contribution >= 4 is 18.3 Å². The lowest BCUT2D eigenvalue weighted by atomic mass is 9.71. The molecule has 3 heterocycles. The minimum Gasteiger partial charge on any atom is -0.483 e. The number of nitrogens with zero attached hydrogens (tertiary/aromatic N) is 2. The summed E-state index contributed by atoms with van der Waals surface area (Å²) in [6, 6.07) is 2.97. The summed E-state index contributed by atoms with van der Waals surface area (Å²) in [5.74, 6) is -0.444. The van der Waals surface area contributed by atoms with E-state index in [0.717, 1.165) is 6.42 Å². The Morgan fingerprint density at radius 1 is 1.44 bits per heavy atom. The van der Waals surface area contributed by atoms with Gasteiger partial charge >= 0.3 is 0 Å². The van der Waals surface area contributed by atoms with Crippen molar-refractivity contribution in [1.82, 2.24) is 14.8 Å². The second-order valence-corrected chi connectivity index (χ2v) is 6.69. The summed E-state index contributed by atoms with van der Waals surface area (Å²) < 4.78 is 1.52. The molecule has 0 aliphatic carbocycles. The molecule has 1 aromatic heterocycles. The maximum Gasteiger partial charge on any atom is 0.290 e. The van der Waals surface area contributed by atoms with E-state index < -0.39 is 11.5 Å². The zero-order valence-corrected chi connectivity index (χ0v) is 15.3. The van der Waals surface area contributed by atoms with Gasteiger partial charge < -0.3 is 25.0 Å². The minimum absolute atomic E-state index is 0.180. The molecule has 2 amide bonds. The highest BCUT2D eigenvalue weighted by molar-refractivity contribution is 5.95. The van der Waals surface area contributed by atoms with Gasteiger partial charge in [0, 0.05) is 44.0 Å². The number of aromatic nitrogens is 1. The second-order valence-electron chi connectivity index (χ2n) is 6.69. The molecule has 1 aromatic rings. The zero-order chi connectivity index (χ0) is 20.0. The number of carboxylic acid groups (broad SMARTS) is 1. The number of hydrogen-bond acceptors (Lipinski definition) is 5. The average Bonchev–Trinajstić information content (AvgIpc) is 2.66. The van der Waals surface area contributed by atoms with Crippen molar-refractivity contribution in [3.63, 3.8) is 0 Å². The lowest BCUT2D eigenvalue weighted by molar-refractivity contribution is -0.147. The number of carbonyl (C=O) groups is 3. The Morgan fingerprint density at radius 3 is 2.74 bits per heavy atom. The van der Waals surface area contributed by atoms with Crippen LogP contribution in [0.4, 0.5) is 0 Å². The molecular formula is C18H25N3O6. The second kappa shape index (κ2) is 8.81. The number of nitrogens with one attached hydrogen (secondary N) is 1. The lowest BCUT2D eigenvalue weighted by Crippen LogP contribution is -2.62. The fourth-order valence-electron chi connectivity index (χ4n) is 3.70. The smallest absolute Gasteiger partial charge is 0.290 e. The van der Waals surface area contributed by atoms with Crippen LogP contribution in [-0.2, 0) is 16.1 Å². The standard InChI is InChI=1S/C17H23N3O4.CH2O2/c1-2-19-8-4-12(10-14(19)22)15(23)20-9-5-13(21)17(11-20)6-3-7-18-16(17)24;2-1-3/h4,8,10,13,21H,2-3,5-7,9,11H2,1H3,(H,18,24);1H,(H,2,3)/t13-,17-;/m1./s1. The number of aliphatic hydroxyl groups excluding tert-OH is 1. The molecule has 0 unspecified atom stereocenters. The molecule has 2 fully saturated rings. The monoisotopic (exact) mass is 379 g/mol. The maximum absolute atomic E-state index is 12.8. The van der Waals surface area contributed by atoms with Gasteiger partial charge in [0.15, 0.2) is 0 Å². The molecule has 0 saturated carbocycles. The first-order valence-corrected chi connectivity index (χ1v) is 8.93. The van der Waals surface area contributed by atoms with E-state index >= 15 is 0 Å². The van der Waals surface area contributed by atoms with Crippen LogP contribution in [0.15, 0.2) is 23.1 Å². The van der Waals surface area contributed by atoms with Crippen molar-refractivity contribution < 1.29 is 24.6 Å². The normalized spacial score (nSPS) is 24.6. The largest absolute Gasteiger partial charge is 0.483 e. The molecular weight excluding hydrogens is 354 g/mol. The van der Waals surface area contributed by atoms with Gasteiger partial charge in [-0.25, -0.2) is 0 Å². The van der Waals surface area contributed by atoms with Gasteiger partial charge in [-0.05, 0) is 32.3 Å². The van der Waals surface area contributed by atoms with E-state index in [1.807, 2.05) is 6.92 Å². The van der Waals surface area contributed by atoms with Gasteiger partial charge in [-0.1, -0.05) is 0 Å². The summed E-state index contributed by atoms with van der Waals surface area (Å²) >= 11 is 0. The van der Waals surface area contributed by atoms with Crippen LogP contribution in [0.1, 0.15) is 36.5 Å². The van der Waals surface area contributed by atoms with Crippen LogP contribution in [0.2, 0.25) is 0 Å². The van der Waals surface area contributed by atoms with E-state index in [0.29, 0.717) is 38.0 Å². The summed E-state index contributed by atoms with van der Waals surface area (Å²) in [7, 11) is 0. The van der Waals surface area contributed by atoms with Crippen LogP contribution in [0.3, 0.4) is 0 Å². The average molecular weight is 379 g/mol. The van der Waals surface area contributed by atoms with Crippen molar-refractivity contribution in [3.8, 4) is 0 Å². The van der Waals surface area contributed by atoms with E-state index in [2.05, 4.69) is 5.32 Å². The number of hydrogen-bond donors (Lipinski definition) is 3. The Labute approximate surface area is 156 Å². The Hall–Kier alpha value is -2.68. The summed E-state index contributed by atoms with van der Waals surface area (Å²) in [5, 5.41) is 20.1. The third-order valence-corrected chi connectivity index (χ3v) is 5.19. The highest BCUT2D eigenvalue weighted by Gasteiger charge is 2.50. The highest BCUT2D eigenvalue weighted by Crippen LogP contribution is 2.37. The van der Waals surface area contributed by atoms with E-state index in [1.165, 1.54) is 10.6 Å². The molecule has 148 valence electrons. The quantitative estimate of drug-likeness (QED) is 0.604. The van der Waals surface area contributed by atoms with Crippen LogP contribution in [0.25, 0.3) is 0 Å². The third-order valence-electron chi connectivity index (χ3n) is 5.19. The number of carbonyl (C=O) groups excluding carboxylic acids is 2. The molecule has 27 heavy (non-hydrogen) atoms. The fourth-order valence-corrected chi connectivity index (χ4v) is 3.70. The van der Waals surface area contributed by atoms with Crippen molar-refractivity contribution in [2.45, 2.75) is 38.8 Å². The van der Waals surface area contributed by atoms with Crippen LogP contribution in [0.5, 0.6) is 0 Å². The molecule has 2 atom stereocenters. The van der Waals surface area contributed by atoms with Crippen LogP contribution in [-0.4, -0.2) is 63.7 Å². The van der Waals surface area contributed by atoms with Gasteiger partial charge in [0.2, 0.25) is 5.91 Å². The van der Waals surface area contributed by atoms with E-state index in [-0.39, 0.29) is 30.4 Å². The summed E-state index contributed by atoms with van der Waals surface area (Å²) in [6.07, 6.45) is 2.59. The number of amides is 2. The lowest BCUT2D eigenvalue weighted by Gasteiger charge is -2.46. The molecule has 2 saturated heterocycles. The first kappa shape index (κ1) is 20.6. The Kier molecular flexibility index (Phi) is 6.73. The molecule has 0 aromatic carbocycles. The van der Waals surface area contributed by atoms with E-state index in [9.17, 15) is 19.5 Å².